The molecule has 0 spiro atoms. The zero-order valence-electron chi connectivity index (χ0n) is 12.6. The fraction of sp³-hybridized carbons (Fsp3) is 0.125. The number of rotatable bonds is 2. The topological polar surface area (TPSA) is 85.7 Å². The molecule has 4 rings (SSSR count). The molecule has 0 bridgehead atoms. The standard InChI is InChI=1S/C16H13N5O2/c1-21-13-8-12-11(18-15(19-12)16(22)23-2)7-10(13)14(20-21)9-3-5-17-6-4-9/h3-8H,1-2H3,(H,18,19). The van der Waals surface area contributed by atoms with Gasteiger partial charge in [-0.25, -0.2) is 9.78 Å². The molecule has 0 radical (unpaired) electrons. The molecule has 0 aliphatic carbocycles. The van der Waals surface area contributed by atoms with Crippen molar-refractivity contribution in [1.29, 1.82) is 0 Å². The number of pyridine rings is 1. The lowest BCUT2D eigenvalue weighted by Crippen LogP contribution is -2.02. The number of esters is 1. The van der Waals surface area contributed by atoms with E-state index in [0.29, 0.717) is 5.52 Å². The summed E-state index contributed by atoms with van der Waals surface area (Å²) in [5.74, 6) is -0.297. The van der Waals surface area contributed by atoms with Gasteiger partial charge in [0.05, 0.1) is 23.7 Å². The summed E-state index contributed by atoms with van der Waals surface area (Å²) in [6.07, 6.45) is 3.47. The Bertz CT molecular complexity index is 1030. The largest absolute Gasteiger partial charge is 0.463 e. The Balaban J connectivity index is 1.98. The third-order valence-electron chi connectivity index (χ3n) is 3.79. The molecule has 0 saturated heterocycles. The molecule has 7 heteroatoms. The maximum absolute atomic E-state index is 11.6. The predicted octanol–water partition coefficient (Wildman–Crippen LogP) is 2.30. The fourth-order valence-corrected chi connectivity index (χ4v) is 2.68. The minimum absolute atomic E-state index is 0.191. The lowest BCUT2D eigenvalue weighted by Gasteiger charge is -1.96. The van der Waals surface area contributed by atoms with Crippen LogP contribution in [0.5, 0.6) is 0 Å². The number of carbonyl (C=O) groups is 1. The highest BCUT2D eigenvalue weighted by molar-refractivity contribution is 6.02. The zero-order chi connectivity index (χ0) is 16.0. The Labute approximate surface area is 130 Å². The Morgan fingerprint density at radius 1 is 1.26 bits per heavy atom. The van der Waals surface area contributed by atoms with Gasteiger partial charge >= 0.3 is 5.97 Å². The maximum Gasteiger partial charge on any atom is 0.374 e. The van der Waals surface area contributed by atoms with Crippen LogP contribution < -0.4 is 0 Å². The number of imidazole rings is 1. The van der Waals surface area contributed by atoms with Gasteiger partial charge in [-0.05, 0) is 24.3 Å². The van der Waals surface area contributed by atoms with Crippen LogP contribution in [-0.2, 0) is 11.8 Å². The molecule has 3 aromatic heterocycles. The van der Waals surface area contributed by atoms with Gasteiger partial charge in [-0.15, -0.1) is 0 Å². The number of aromatic amines is 1. The van der Waals surface area contributed by atoms with Crippen molar-refractivity contribution in [1.82, 2.24) is 24.7 Å². The average molecular weight is 307 g/mol. The summed E-state index contributed by atoms with van der Waals surface area (Å²) in [7, 11) is 3.22. The van der Waals surface area contributed by atoms with Crippen molar-refractivity contribution in [3.63, 3.8) is 0 Å². The Morgan fingerprint density at radius 3 is 2.78 bits per heavy atom. The summed E-state index contributed by atoms with van der Waals surface area (Å²) < 4.78 is 6.51. The number of hydrogen-bond donors (Lipinski definition) is 1. The molecule has 1 aromatic carbocycles. The van der Waals surface area contributed by atoms with Gasteiger partial charge in [-0.1, -0.05) is 0 Å². The number of aromatic nitrogens is 5. The number of H-pyrrole nitrogens is 1. The molecule has 0 fully saturated rings. The molecule has 0 amide bonds. The smallest absolute Gasteiger partial charge is 0.374 e. The number of nitrogens with one attached hydrogen (secondary N) is 1. The summed E-state index contributed by atoms with van der Waals surface area (Å²) in [6.45, 7) is 0. The molecule has 0 saturated carbocycles. The van der Waals surface area contributed by atoms with Crippen LogP contribution in [0.3, 0.4) is 0 Å². The maximum atomic E-state index is 11.6. The van der Waals surface area contributed by atoms with Crippen LogP contribution in [0.25, 0.3) is 33.2 Å². The van der Waals surface area contributed by atoms with E-state index in [1.165, 1.54) is 7.11 Å². The van der Waals surface area contributed by atoms with E-state index >= 15 is 0 Å². The molecular weight excluding hydrogens is 294 g/mol. The van der Waals surface area contributed by atoms with E-state index in [9.17, 15) is 4.79 Å². The van der Waals surface area contributed by atoms with Crippen LogP contribution in [0.1, 0.15) is 10.6 Å². The molecule has 1 N–H and O–H groups in total. The lowest BCUT2D eigenvalue weighted by atomic mass is 10.1. The van der Waals surface area contributed by atoms with Crippen molar-refractivity contribution in [2.24, 2.45) is 7.05 Å². The number of carbonyl (C=O) groups excluding carboxylic acids is 1. The van der Waals surface area contributed by atoms with E-state index in [1.54, 1.807) is 12.4 Å². The van der Waals surface area contributed by atoms with Crippen molar-refractivity contribution in [2.45, 2.75) is 0 Å². The first kappa shape index (κ1) is 13.4. The number of fused-ring (bicyclic) bond motifs is 2. The molecule has 7 nitrogen and oxygen atoms in total. The van der Waals surface area contributed by atoms with Crippen molar-refractivity contribution in [2.75, 3.05) is 7.11 Å². The number of methoxy groups -OCH3 is 1. The van der Waals surface area contributed by atoms with Gasteiger partial charge in [0.25, 0.3) is 0 Å². The van der Waals surface area contributed by atoms with Gasteiger partial charge in [0.2, 0.25) is 5.82 Å². The first-order chi connectivity index (χ1) is 11.2. The van der Waals surface area contributed by atoms with Gasteiger partial charge in [0, 0.05) is 30.4 Å². The van der Waals surface area contributed by atoms with E-state index < -0.39 is 5.97 Å². The molecule has 0 aliphatic rings. The number of ether oxygens (including phenoxy) is 1. The molecule has 4 aromatic rings. The average Bonchev–Trinajstić information content (AvgIpc) is 3.14. The Morgan fingerprint density at radius 2 is 2.04 bits per heavy atom. The van der Waals surface area contributed by atoms with Crippen LogP contribution in [0.4, 0.5) is 0 Å². The van der Waals surface area contributed by atoms with E-state index in [1.807, 2.05) is 36.0 Å². The van der Waals surface area contributed by atoms with E-state index in [0.717, 1.165) is 27.7 Å². The molecule has 0 unspecified atom stereocenters. The first-order valence-corrected chi connectivity index (χ1v) is 7.02. The number of nitrogens with zero attached hydrogens (tertiary/aromatic N) is 4. The summed E-state index contributed by atoms with van der Waals surface area (Å²) in [5, 5.41) is 5.56. The summed E-state index contributed by atoms with van der Waals surface area (Å²) in [6, 6.07) is 7.69. The van der Waals surface area contributed by atoms with Gasteiger partial charge in [0.1, 0.15) is 5.69 Å². The molecule has 0 atom stereocenters. The number of hydrogen-bond acceptors (Lipinski definition) is 5. The molecule has 114 valence electrons. The van der Waals surface area contributed by atoms with Gasteiger partial charge in [-0.3, -0.25) is 9.67 Å². The highest BCUT2D eigenvalue weighted by atomic mass is 16.5. The van der Waals surface area contributed by atoms with Gasteiger partial charge in [0.15, 0.2) is 0 Å². The third kappa shape index (κ3) is 2.05. The Kier molecular flexibility index (Phi) is 2.87. The van der Waals surface area contributed by atoms with Crippen molar-refractivity contribution < 1.29 is 9.53 Å². The highest BCUT2D eigenvalue weighted by Gasteiger charge is 2.16. The molecule has 3 heterocycles. The van der Waals surface area contributed by atoms with Crippen LogP contribution in [-0.4, -0.2) is 37.8 Å². The van der Waals surface area contributed by atoms with E-state index in [-0.39, 0.29) is 5.82 Å². The van der Waals surface area contributed by atoms with Crippen LogP contribution in [0.2, 0.25) is 0 Å². The van der Waals surface area contributed by atoms with Gasteiger partial charge in [-0.2, -0.15) is 5.10 Å². The van der Waals surface area contributed by atoms with Crippen molar-refractivity contribution in [3.05, 3.63) is 42.5 Å². The zero-order valence-corrected chi connectivity index (χ0v) is 12.6. The molecule has 23 heavy (non-hydrogen) atoms. The van der Waals surface area contributed by atoms with Gasteiger partial charge < -0.3 is 9.72 Å². The van der Waals surface area contributed by atoms with E-state index in [2.05, 4.69) is 20.1 Å². The second-order valence-electron chi connectivity index (χ2n) is 5.17. The minimum Gasteiger partial charge on any atom is -0.463 e. The SMILES string of the molecule is COC(=O)c1nc2cc3c(-c4ccncc4)nn(C)c3cc2[nH]1. The third-order valence-corrected chi connectivity index (χ3v) is 3.79. The van der Waals surface area contributed by atoms with E-state index in [4.69, 9.17) is 4.74 Å². The first-order valence-electron chi connectivity index (χ1n) is 7.02. The monoisotopic (exact) mass is 307 g/mol. The van der Waals surface area contributed by atoms with Crippen molar-refractivity contribution >= 4 is 27.9 Å². The molecule has 0 aliphatic heterocycles. The van der Waals surface area contributed by atoms with Crippen LogP contribution in [0, 0.1) is 0 Å². The normalized spacial score (nSPS) is 11.2. The lowest BCUT2D eigenvalue weighted by molar-refractivity contribution is 0.0588. The summed E-state index contributed by atoms with van der Waals surface area (Å²) in [5.41, 5.74) is 4.25. The summed E-state index contributed by atoms with van der Waals surface area (Å²) in [4.78, 5) is 22.9. The quantitative estimate of drug-likeness (QED) is 0.574. The van der Waals surface area contributed by atoms with Crippen LogP contribution in [0.15, 0.2) is 36.7 Å². The summed E-state index contributed by atoms with van der Waals surface area (Å²) >= 11 is 0. The highest BCUT2D eigenvalue weighted by Crippen LogP contribution is 2.30. The Hall–Kier alpha value is -3.22. The van der Waals surface area contributed by atoms with Crippen molar-refractivity contribution in [3.8, 4) is 11.3 Å². The number of benzene rings is 1. The minimum atomic E-state index is -0.488. The molecular formula is C16H13N5O2. The second-order valence-corrected chi connectivity index (χ2v) is 5.17. The predicted molar refractivity (Wildman–Crippen MR) is 84.9 cm³/mol. The fourth-order valence-electron chi connectivity index (χ4n) is 2.68. The van der Waals surface area contributed by atoms with Crippen LogP contribution >= 0.6 is 0 Å². The number of aryl methyl sites for hydroxylation is 1. The second kappa shape index (κ2) is 4.91.